The summed E-state index contributed by atoms with van der Waals surface area (Å²) in [5, 5.41) is 11.0. The molecule has 5 nitrogen and oxygen atoms in total. The lowest BCUT2D eigenvalue weighted by Gasteiger charge is -2.20. The Labute approximate surface area is 90.2 Å². The van der Waals surface area contributed by atoms with Gasteiger partial charge in [0.05, 0.1) is 13.2 Å². The maximum Gasteiger partial charge on any atom is 0.230 e. The molecule has 1 atom stereocenters. The van der Waals surface area contributed by atoms with Crippen molar-refractivity contribution in [2.45, 2.75) is 33.4 Å². The Balaban J connectivity index is 2.39. The largest absolute Gasteiger partial charge is 0.424 e. The highest BCUT2D eigenvalue weighted by atomic mass is 16.5. The fourth-order valence-electron chi connectivity index (χ4n) is 1.29. The zero-order valence-corrected chi connectivity index (χ0v) is 9.78. The third-order valence-electron chi connectivity index (χ3n) is 2.23. The third-order valence-corrected chi connectivity index (χ3v) is 2.23. The van der Waals surface area contributed by atoms with Crippen LogP contribution in [0.4, 0.5) is 0 Å². The quantitative estimate of drug-likeness (QED) is 0.767. The molecule has 1 rings (SSSR count). The normalized spacial score (nSPS) is 13.4. The van der Waals surface area contributed by atoms with Crippen molar-refractivity contribution in [2.75, 3.05) is 13.7 Å². The van der Waals surface area contributed by atoms with E-state index in [4.69, 9.17) is 9.15 Å². The molecule has 15 heavy (non-hydrogen) atoms. The van der Waals surface area contributed by atoms with Gasteiger partial charge in [0, 0.05) is 20.1 Å². The van der Waals surface area contributed by atoms with Crippen LogP contribution in [0.3, 0.4) is 0 Å². The van der Waals surface area contributed by atoms with Crippen molar-refractivity contribution in [1.82, 2.24) is 15.5 Å². The summed E-state index contributed by atoms with van der Waals surface area (Å²) in [5.74, 6) is 1.72. The molecule has 0 spiro atoms. The van der Waals surface area contributed by atoms with E-state index in [0.29, 0.717) is 36.9 Å². The van der Waals surface area contributed by atoms with Crippen LogP contribution in [0.15, 0.2) is 4.42 Å². The van der Waals surface area contributed by atoms with Gasteiger partial charge in [0.25, 0.3) is 0 Å². The van der Waals surface area contributed by atoms with Crippen molar-refractivity contribution in [3.63, 3.8) is 0 Å². The van der Waals surface area contributed by atoms with Gasteiger partial charge in [0.2, 0.25) is 11.8 Å². The van der Waals surface area contributed by atoms with E-state index in [2.05, 4.69) is 29.4 Å². The fourth-order valence-corrected chi connectivity index (χ4v) is 1.29. The van der Waals surface area contributed by atoms with Gasteiger partial charge in [-0.1, -0.05) is 13.8 Å². The predicted octanol–water partition coefficient (Wildman–Crippen LogP) is 1.14. The molecule has 0 aliphatic rings. The second-order valence-electron chi connectivity index (χ2n) is 3.90. The van der Waals surface area contributed by atoms with Crippen molar-refractivity contribution >= 4 is 0 Å². The molecule has 0 aliphatic carbocycles. The monoisotopic (exact) mass is 213 g/mol. The minimum absolute atomic E-state index is 0.308. The summed E-state index contributed by atoms with van der Waals surface area (Å²) in [7, 11) is 1.70. The van der Waals surface area contributed by atoms with Crippen LogP contribution in [0.1, 0.15) is 25.6 Å². The van der Waals surface area contributed by atoms with Gasteiger partial charge in [-0.15, -0.1) is 10.2 Å². The first-order valence-corrected chi connectivity index (χ1v) is 5.14. The van der Waals surface area contributed by atoms with Crippen molar-refractivity contribution in [3.05, 3.63) is 11.8 Å². The van der Waals surface area contributed by atoms with Crippen LogP contribution in [0, 0.1) is 12.8 Å². The number of ether oxygens (including phenoxy) is 1. The van der Waals surface area contributed by atoms with Crippen LogP contribution in [0.2, 0.25) is 0 Å². The van der Waals surface area contributed by atoms with Gasteiger partial charge in [-0.05, 0) is 5.92 Å². The van der Waals surface area contributed by atoms with Crippen molar-refractivity contribution < 1.29 is 9.15 Å². The smallest absolute Gasteiger partial charge is 0.230 e. The molecule has 0 fully saturated rings. The summed E-state index contributed by atoms with van der Waals surface area (Å²) in [6.07, 6.45) is 0. The van der Waals surface area contributed by atoms with E-state index in [-0.39, 0.29) is 0 Å². The zero-order chi connectivity index (χ0) is 11.3. The average molecular weight is 213 g/mol. The molecular weight excluding hydrogens is 194 g/mol. The summed E-state index contributed by atoms with van der Waals surface area (Å²) in [6.45, 7) is 7.36. The molecule has 0 saturated heterocycles. The second-order valence-corrected chi connectivity index (χ2v) is 3.90. The highest BCUT2D eigenvalue weighted by Crippen LogP contribution is 2.04. The molecule has 0 bridgehead atoms. The van der Waals surface area contributed by atoms with Crippen LogP contribution in [-0.4, -0.2) is 30.0 Å². The van der Waals surface area contributed by atoms with Crippen LogP contribution in [-0.2, 0) is 11.3 Å². The number of nitrogens with one attached hydrogen (secondary N) is 1. The van der Waals surface area contributed by atoms with Gasteiger partial charge in [0.1, 0.15) is 0 Å². The van der Waals surface area contributed by atoms with Gasteiger partial charge in [-0.3, -0.25) is 0 Å². The summed E-state index contributed by atoms with van der Waals surface area (Å²) in [6, 6.07) is 0.308. The minimum Gasteiger partial charge on any atom is -0.424 e. The molecule has 5 heteroatoms. The van der Waals surface area contributed by atoms with Crippen LogP contribution in [0.5, 0.6) is 0 Å². The molecule has 1 aromatic rings. The highest BCUT2D eigenvalue weighted by Gasteiger charge is 2.13. The summed E-state index contributed by atoms with van der Waals surface area (Å²) in [4.78, 5) is 0. The molecule has 86 valence electrons. The van der Waals surface area contributed by atoms with Gasteiger partial charge in [-0.2, -0.15) is 0 Å². The zero-order valence-electron chi connectivity index (χ0n) is 9.78. The van der Waals surface area contributed by atoms with E-state index in [1.54, 1.807) is 14.0 Å². The van der Waals surface area contributed by atoms with E-state index in [1.807, 2.05) is 0 Å². The molecule has 0 aliphatic heterocycles. The van der Waals surface area contributed by atoms with Gasteiger partial charge >= 0.3 is 0 Å². The van der Waals surface area contributed by atoms with E-state index in [9.17, 15) is 0 Å². The Bertz CT molecular complexity index is 286. The Morgan fingerprint density at radius 1 is 1.40 bits per heavy atom. The van der Waals surface area contributed by atoms with Crippen LogP contribution < -0.4 is 5.32 Å². The molecule has 1 aromatic heterocycles. The fraction of sp³-hybridized carbons (Fsp3) is 0.800. The lowest BCUT2D eigenvalue weighted by molar-refractivity contribution is 0.145. The van der Waals surface area contributed by atoms with E-state index in [1.165, 1.54) is 0 Å². The summed E-state index contributed by atoms with van der Waals surface area (Å²) < 4.78 is 10.4. The summed E-state index contributed by atoms with van der Waals surface area (Å²) in [5.41, 5.74) is 0. The summed E-state index contributed by atoms with van der Waals surface area (Å²) >= 11 is 0. The molecule has 0 radical (unpaired) electrons. The lowest BCUT2D eigenvalue weighted by atomic mass is 10.1. The molecule has 0 amide bonds. The minimum atomic E-state index is 0.308. The average Bonchev–Trinajstić information content (AvgIpc) is 2.58. The van der Waals surface area contributed by atoms with Crippen LogP contribution in [0.25, 0.3) is 0 Å². The number of hydrogen-bond acceptors (Lipinski definition) is 5. The number of rotatable bonds is 6. The lowest BCUT2D eigenvalue weighted by Crippen LogP contribution is -2.37. The van der Waals surface area contributed by atoms with E-state index in [0.717, 1.165) is 0 Å². The van der Waals surface area contributed by atoms with E-state index >= 15 is 0 Å². The van der Waals surface area contributed by atoms with Crippen molar-refractivity contribution in [3.8, 4) is 0 Å². The topological polar surface area (TPSA) is 60.2 Å². The van der Waals surface area contributed by atoms with E-state index < -0.39 is 0 Å². The predicted molar refractivity (Wildman–Crippen MR) is 56.4 cm³/mol. The molecule has 0 aromatic carbocycles. The molecular formula is C10H19N3O2. The first-order valence-electron chi connectivity index (χ1n) is 5.14. The molecule has 1 unspecified atom stereocenters. The number of nitrogens with zero attached hydrogens (tertiary/aromatic N) is 2. The standard InChI is InChI=1S/C10H19N3O2/c1-7(2)9(6-14-4)11-5-10-13-12-8(3)15-10/h7,9,11H,5-6H2,1-4H3. The first kappa shape index (κ1) is 12.1. The maximum absolute atomic E-state index is 5.27. The molecule has 1 heterocycles. The Morgan fingerprint density at radius 2 is 2.13 bits per heavy atom. The number of aromatic nitrogens is 2. The molecule has 1 N–H and O–H groups in total. The Hall–Kier alpha value is -0.940. The second kappa shape index (κ2) is 5.82. The van der Waals surface area contributed by atoms with Crippen molar-refractivity contribution in [1.29, 1.82) is 0 Å². The third kappa shape index (κ3) is 3.97. The maximum atomic E-state index is 5.27. The first-order chi connectivity index (χ1) is 7.13. The van der Waals surface area contributed by atoms with Gasteiger partial charge in [0.15, 0.2) is 0 Å². The molecule has 0 saturated carbocycles. The van der Waals surface area contributed by atoms with Gasteiger partial charge in [-0.25, -0.2) is 0 Å². The number of aryl methyl sites for hydroxylation is 1. The van der Waals surface area contributed by atoms with Gasteiger partial charge < -0.3 is 14.5 Å². The highest BCUT2D eigenvalue weighted by molar-refractivity contribution is 4.80. The SMILES string of the molecule is COCC(NCc1nnc(C)o1)C(C)C. The number of hydrogen-bond donors (Lipinski definition) is 1. The van der Waals surface area contributed by atoms with Crippen molar-refractivity contribution in [2.24, 2.45) is 5.92 Å². The Morgan fingerprint density at radius 3 is 2.60 bits per heavy atom. The van der Waals surface area contributed by atoms with Crippen LogP contribution >= 0.6 is 0 Å². The number of methoxy groups -OCH3 is 1. The Kier molecular flexibility index (Phi) is 4.71.